The van der Waals surface area contributed by atoms with E-state index in [0.717, 1.165) is 17.2 Å². The van der Waals surface area contributed by atoms with Crippen LogP contribution in [0.15, 0.2) is 41.3 Å². The van der Waals surface area contributed by atoms with Crippen LogP contribution in [0.4, 0.5) is 4.39 Å². The first kappa shape index (κ1) is 23.0. The number of nitrogens with zero attached hydrogens (tertiary/aromatic N) is 1. The molecule has 9 heteroatoms. The largest absolute Gasteiger partial charge is 0.493 e. The highest BCUT2D eigenvalue weighted by Gasteiger charge is 2.34. The second kappa shape index (κ2) is 9.23. The minimum absolute atomic E-state index is 0.319. The standard InChI is InChI=1S/C22H27FN2O5S/c1-14(2)21(24-31(27,28)20-8-6-5-7-17(20)23)22(26)25-10-9-15-11-18(29-3)19(30-4)12-16(15)13-25/h5-8,11-12,14,21,24H,9-10,13H2,1-4H3/t21-/m0/s1. The lowest BCUT2D eigenvalue weighted by atomic mass is 9.97. The van der Waals surface area contributed by atoms with Crippen molar-refractivity contribution in [3.63, 3.8) is 0 Å². The lowest BCUT2D eigenvalue weighted by molar-refractivity contribution is -0.135. The molecular weight excluding hydrogens is 423 g/mol. The van der Waals surface area contributed by atoms with E-state index in [0.29, 0.717) is 31.0 Å². The fraction of sp³-hybridized carbons (Fsp3) is 0.409. The SMILES string of the molecule is COc1cc2c(cc1OC)CN(C(=O)[C@@H](NS(=O)(=O)c1ccccc1F)C(C)C)CC2. The number of carbonyl (C=O) groups excluding carboxylic acids is 1. The molecule has 2 aromatic rings. The number of halogens is 1. The zero-order chi connectivity index (χ0) is 22.8. The van der Waals surface area contributed by atoms with Crippen molar-refractivity contribution in [3.05, 3.63) is 53.3 Å². The fourth-order valence-corrected chi connectivity index (χ4v) is 5.05. The van der Waals surface area contributed by atoms with Gasteiger partial charge in [-0.1, -0.05) is 26.0 Å². The molecule has 0 aliphatic carbocycles. The molecule has 0 bridgehead atoms. The maximum absolute atomic E-state index is 14.1. The average Bonchev–Trinajstić information content (AvgIpc) is 2.75. The first-order valence-electron chi connectivity index (χ1n) is 9.97. The third-order valence-corrected chi connectivity index (χ3v) is 6.85. The van der Waals surface area contributed by atoms with Gasteiger partial charge in [-0.2, -0.15) is 4.72 Å². The Labute approximate surface area is 182 Å². The maximum Gasteiger partial charge on any atom is 0.244 e. The predicted molar refractivity (Wildman–Crippen MR) is 114 cm³/mol. The minimum atomic E-state index is -4.21. The molecule has 0 spiro atoms. The van der Waals surface area contributed by atoms with Crippen LogP contribution in [-0.4, -0.2) is 46.0 Å². The van der Waals surface area contributed by atoms with Gasteiger partial charge in [0.1, 0.15) is 16.8 Å². The van der Waals surface area contributed by atoms with Crippen LogP contribution in [0.3, 0.4) is 0 Å². The van der Waals surface area contributed by atoms with Gasteiger partial charge in [-0.3, -0.25) is 4.79 Å². The highest BCUT2D eigenvalue weighted by atomic mass is 32.2. The van der Waals surface area contributed by atoms with E-state index in [2.05, 4.69) is 4.72 Å². The van der Waals surface area contributed by atoms with Gasteiger partial charge in [0, 0.05) is 13.1 Å². The number of benzene rings is 2. The predicted octanol–water partition coefficient (Wildman–Crippen LogP) is 2.73. The van der Waals surface area contributed by atoms with Gasteiger partial charge >= 0.3 is 0 Å². The molecule has 1 aliphatic rings. The summed E-state index contributed by atoms with van der Waals surface area (Å²) in [5, 5.41) is 0. The Morgan fingerprint density at radius 3 is 2.29 bits per heavy atom. The molecule has 31 heavy (non-hydrogen) atoms. The summed E-state index contributed by atoms with van der Waals surface area (Å²) in [4.78, 5) is 14.4. The average molecular weight is 451 g/mol. The molecule has 1 heterocycles. The molecule has 0 radical (unpaired) electrons. The molecule has 1 amide bonds. The maximum atomic E-state index is 14.1. The van der Waals surface area contributed by atoms with Crippen LogP contribution in [0.25, 0.3) is 0 Å². The van der Waals surface area contributed by atoms with Crippen molar-refractivity contribution < 1.29 is 27.1 Å². The van der Waals surface area contributed by atoms with Gasteiger partial charge in [0.2, 0.25) is 15.9 Å². The van der Waals surface area contributed by atoms with E-state index in [4.69, 9.17) is 9.47 Å². The van der Waals surface area contributed by atoms with Crippen molar-refractivity contribution in [3.8, 4) is 11.5 Å². The molecule has 1 N–H and O–H groups in total. The summed E-state index contributed by atoms with van der Waals surface area (Å²) in [6, 6.07) is 7.81. The first-order valence-corrected chi connectivity index (χ1v) is 11.5. The Kier molecular flexibility index (Phi) is 6.86. The fourth-order valence-electron chi connectivity index (χ4n) is 3.63. The molecule has 0 aromatic heterocycles. The van der Waals surface area contributed by atoms with Crippen LogP contribution < -0.4 is 14.2 Å². The summed E-state index contributed by atoms with van der Waals surface area (Å²) in [5.41, 5.74) is 1.96. The molecule has 7 nitrogen and oxygen atoms in total. The van der Waals surface area contributed by atoms with Gasteiger partial charge in [-0.25, -0.2) is 12.8 Å². The highest BCUT2D eigenvalue weighted by molar-refractivity contribution is 7.89. The third kappa shape index (κ3) is 4.83. The highest BCUT2D eigenvalue weighted by Crippen LogP contribution is 2.33. The number of fused-ring (bicyclic) bond motifs is 1. The minimum Gasteiger partial charge on any atom is -0.493 e. The smallest absolute Gasteiger partial charge is 0.244 e. The molecule has 1 atom stereocenters. The molecule has 0 saturated carbocycles. The topological polar surface area (TPSA) is 84.9 Å². The molecule has 2 aromatic carbocycles. The van der Waals surface area contributed by atoms with E-state index in [-0.39, 0.29) is 11.8 Å². The quantitative estimate of drug-likeness (QED) is 0.701. The first-order chi connectivity index (χ1) is 14.7. The van der Waals surface area contributed by atoms with E-state index in [1.54, 1.807) is 33.0 Å². The zero-order valence-corrected chi connectivity index (χ0v) is 18.8. The summed E-state index contributed by atoms with van der Waals surface area (Å²) < 4.78 is 52.7. The third-order valence-electron chi connectivity index (χ3n) is 5.37. The molecule has 0 unspecified atom stereocenters. The van der Waals surface area contributed by atoms with E-state index in [1.165, 1.54) is 18.2 Å². The Morgan fingerprint density at radius 1 is 1.10 bits per heavy atom. The van der Waals surface area contributed by atoms with Crippen molar-refractivity contribution in [2.45, 2.75) is 37.8 Å². The number of nitrogens with one attached hydrogen (secondary N) is 1. The van der Waals surface area contributed by atoms with E-state index >= 15 is 0 Å². The molecule has 0 fully saturated rings. The van der Waals surface area contributed by atoms with E-state index in [9.17, 15) is 17.6 Å². The number of carbonyl (C=O) groups is 1. The molecule has 168 valence electrons. The lowest BCUT2D eigenvalue weighted by Gasteiger charge is -2.33. The van der Waals surface area contributed by atoms with Gasteiger partial charge in [0.25, 0.3) is 0 Å². The summed E-state index contributed by atoms with van der Waals surface area (Å²) in [7, 11) is -1.10. The van der Waals surface area contributed by atoms with Crippen LogP contribution in [0.2, 0.25) is 0 Å². The van der Waals surface area contributed by atoms with Gasteiger partial charge in [0.05, 0.1) is 14.2 Å². The Morgan fingerprint density at radius 2 is 1.71 bits per heavy atom. The van der Waals surface area contributed by atoms with Crippen LogP contribution >= 0.6 is 0 Å². The summed E-state index contributed by atoms with van der Waals surface area (Å²) in [5.74, 6) is -0.357. The van der Waals surface area contributed by atoms with Gasteiger partial charge in [0.15, 0.2) is 11.5 Å². The number of sulfonamides is 1. The second-order valence-electron chi connectivity index (χ2n) is 7.76. The monoisotopic (exact) mass is 450 g/mol. The summed E-state index contributed by atoms with van der Waals surface area (Å²) in [6.07, 6.45) is 0.603. The van der Waals surface area contributed by atoms with Crippen molar-refractivity contribution in [1.82, 2.24) is 9.62 Å². The van der Waals surface area contributed by atoms with Crippen molar-refractivity contribution >= 4 is 15.9 Å². The Balaban J connectivity index is 1.84. The molecule has 3 rings (SSSR count). The van der Waals surface area contributed by atoms with Crippen LogP contribution in [0.1, 0.15) is 25.0 Å². The number of hydrogen-bond donors (Lipinski definition) is 1. The van der Waals surface area contributed by atoms with Crippen LogP contribution in [0, 0.1) is 11.7 Å². The zero-order valence-electron chi connectivity index (χ0n) is 18.0. The second-order valence-corrected chi connectivity index (χ2v) is 9.44. The van der Waals surface area contributed by atoms with E-state index in [1.807, 2.05) is 12.1 Å². The van der Waals surface area contributed by atoms with Crippen LogP contribution in [0.5, 0.6) is 11.5 Å². The molecule has 1 aliphatic heterocycles. The summed E-state index contributed by atoms with van der Waals surface area (Å²) in [6.45, 7) is 4.25. The Hall–Kier alpha value is -2.65. The molecular formula is C22H27FN2O5S. The number of ether oxygens (including phenoxy) is 2. The number of amides is 1. The van der Waals surface area contributed by atoms with Crippen molar-refractivity contribution in [2.75, 3.05) is 20.8 Å². The Bertz CT molecular complexity index is 1070. The van der Waals surface area contributed by atoms with E-state index < -0.39 is 26.8 Å². The number of rotatable bonds is 7. The summed E-state index contributed by atoms with van der Waals surface area (Å²) >= 11 is 0. The van der Waals surface area contributed by atoms with Gasteiger partial charge in [-0.15, -0.1) is 0 Å². The van der Waals surface area contributed by atoms with Crippen molar-refractivity contribution in [2.24, 2.45) is 5.92 Å². The van der Waals surface area contributed by atoms with Crippen molar-refractivity contribution in [1.29, 1.82) is 0 Å². The van der Waals surface area contributed by atoms with Gasteiger partial charge in [-0.05, 0) is 47.7 Å². The molecule has 0 saturated heterocycles. The van der Waals surface area contributed by atoms with Gasteiger partial charge < -0.3 is 14.4 Å². The lowest BCUT2D eigenvalue weighted by Crippen LogP contribution is -2.52. The number of hydrogen-bond acceptors (Lipinski definition) is 5. The van der Waals surface area contributed by atoms with Crippen LogP contribution in [-0.2, 0) is 27.8 Å². The normalized spacial score (nSPS) is 14.8. The number of methoxy groups -OCH3 is 2.